The standard InChI is InChI=1S/C23H31N3O4/c1-16-8-7-9-17(2)23(16)24-21(27)14-26(4)22(28)15-25(3)13-18-10-11-19(29-5)20(12-18)30-6/h7-12H,13-15H2,1-6H3,(H,24,27)/p+1. The van der Waals surface area contributed by atoms with Crippen LogP contribution in [0.15, 0.2) is 36.4 Å². The minimum Gasteiger partial charge on any atom is -0.493 e. The molecule has 0 spiro atoms. The van der Waals surface area contributed by atoms with Crippen LogP contribution < -0.4 is 19.7 Å². The molecule has 2 rings (SSSR count). The van der Waals surface area contributed by atoms with Gasteiger partial charge < -0.3 is 24.6 Å². The third kappa shape index (κ3) is 6.22. The highest BCUT2D eigenvalue weighted by Crippen LogP contribution is 2.27. The van der Waals surface area contributed by atoms with Gasteiger partial charge in [-0.25, -0.2) is 0 Å². The smallest absolute Gasteiger partial charge is 0.277 e. The zero-order valence-corrected chi connectivity index (χ0v) is 18.7. The Morgan fingerprint density at radius 1 is 1.03 bits per heavy atom. The number of hydrogen-bond donors (Lipinski definition) is 2. The van der Waals surface area contributed by atoms with Gasteiger partial charge in [0.05, 0.1) is 27.8 Å². The van der Waals surface area contributed by atoms with Crippen LogP contribution in [-0.4, -0.2) is 58.1 Å². The van der Waals surface area contributed by atoms with E-state index in [0.29, 0.717) is 18.0 Å². The number of aryl methyl sites for hydroxylation is 2. The summed E-state index contributed by atoms with van der Waals surface area (Å²) in [5.74, 6) is 1.03. The normalized spacial score (nSPS) is 11.5. The number of ether oxygens (including phenoxy) is 2. The van der Waals surface area contributed by atoms with Crippen LogP contribution in [0.2, 0.25) is 0 Å². The van der Waals surface area contributed by atoms with Gasteiger partial charge in [-0.15, -0.1) is 0 Å². The Morgan fingerprint density at radius 3 is 2.27 bits per heavy atom. The van der Waals surface area contributed by atoms with Gasteiger partial charge in [-0.3, -0.25) is 9.59 Å². The first kappa shape index (κ1) is 23.2. The molecule has 0 aliphatic heterocycles. The zero-order chi connectivity index (χ0) is 22.3. The van der Waals surface area contributed by atoms with Crippen LogP contribution in [0.1, 0.15) is 16.7 Å². The SMILES string of the molecule is COc1ccc(C[NH+](C)CC(=O)N(C)CC(=O)Nc2c(C)cccc2C)cc1OC. The van der Waals surface area contributed by atoms with Crippen molar-refractivity contribution in [2.45, 2.75) is 20.4 Å². The van der Waals surface area contributed by atoms with Crippen molar-refractivity contribution in [2.24, 2.45) is 0 Å². The van der Waals surface area contributed by atoms with Gasteiger partial charge in [-0.1, -0.05) is 18.2 Å². The number of hydrogen-bond acceptors (Lipinski definition) is 4. The van der Waals surface area contributed by atoms with E-state index in [4.69, 9.17) is 9.47 Å². The summed E-state index contributed by atoms with van der Waals surface area (Å²) in [5.41, 5.74) is 3.83. The Morgan fingerprint density at radius 2 is 1.67 bits per heavy atom. The average molecular weight is 415 g/mol. The summed E-state index contributed by atoms with van der Waals surface area (Å²) in [7, 11) is 6.79. The third-order valence-electron chi connectivity index (χ3n) is 4.96. The van der Waals surface area contributed by atoms with E-state index in [1.165, 1.54) is 4.90 Å². The molecule has 0 aromatic heterocycles. The fourth-order valence-corrected chi connectivity index (χ4v) is 3.29. The molecule has 30 heavy (non-hydrogen) atoms. The molecule has 1 atom stereocenters. The van der Waals surface area contributed by atoms with Crippen LogP contribution in [0, 0.1) is 13.8 Å². The van der Waals surface area contributed by atoms with Crippen molar-refractivity contribution in [3.63, 3.8) is 0 Å². The molecule has 162 valence electrons. The first-order valence-corrected chi connectivity index (χ1v) is 9.87. The summed E-state index contributed by atoms with van der Waals surface area (Å²) >= 11 is 0. The number of amides is 2. The van der Waals surface area contributed by atoms with E-state index >= 15 is 0 Å². The second-order valence-corrected chi connectivity index (χ2v) is 7.56. The number of methoxy groups -OCH3 is 2. The number of likely N-dealkylation sites (N-methyl/N-ethyl adjacent to an activating group) is 2. The van der Waals surface area contributed by atoms with Crippen LogP contribution in [0.5, 0.6) is 11.5 Å². The number of benzene rings is 2. The predicted molar refractivity (Wildman–Crippen MR) is 117 cm³/mol. The van der Waals surface area contributed by atoms with E-state index in [-0.39, 0.29) is 24.9 Å². The average Bonchev–Trinajstić information content (AvgIpc) is 2.70. The number of nitrogens with one attached hydrogen (secondary N) is 2. The largest absolute Gasteiger partial charge is 0.493 e. The summed E-state index contributed by atoms with van der Waals surface area (Å²) in [6.07, 6.45) is 0. The van der Waals surface area contributed by atoms with E-state index < -0.39 is 0 Å². The molecule has 7 nitrogen and oxygen atoms in total. The molecule has 2 aromatic carbocycles. The Hall–Kier alpha value is -3.06. The number of para-hydroxylation sites is 1. The second kappa shape index (κ2) is 10.6. The topological polar surface area (TPSA) is 72.3 Å². The fourth-order valence-electron chi connectivity index (χ4n) is 3.29. The van der Waals surface area contributed by atoms with Gasteiger partial charge in [0.25, 0.3) is 5.91 Å². The van der Waals surface area contributed by atoms with E-state index in [9.17, 15) is 9.59 Å². The maximum atomic E-state index is 12.6. The first-order chi connectivity index (χ1) is 14.2. The zero-order valence-electron chi connectivity index (χ0n) is 18.7. The van der Waals surface area contributed by atoms with Gasteiger partial charge in [-0.2, -0.15) is 0 Å². The van der Waals surface area contributed by atoms with Crippen molar-refractivity contribution in [2.75, 3.05) is 46.7 Å². The van der Waals surface area contributed by atoms with Crippen molar-refractivity contribution >= 4 is 17.5 Å². The Kier molecular flexibility index (Phi) is 8.24. The molecule has 0 bridgehead atoms. The lowest BCUT2D eigenvalue weighted by Crippen LogP contribution is -3.08. The molecule has 0 radical (unpaired) electrons. The molecule has 0 aliphatic carbocycles. The number of nitrogens with zero attached hydrogens (tertiary/aromatic N) is 1. The number of anilines is 1. The Labute approximate surface area is 178 Å². The second-order valence-electron chi connectivity index (χ2n) is 7.56. The van der Waals surface area contributed by atoms with Gasteiger partial charge >= 0.3 is 0 Å². The highest BCUT2D eigenvalue weighted by molar-refractivity contribution is 5.95. The van der Waals surface area contributed by atoms with Crippen LogP contribution in [-0.2, 0) is 16.1 Å². The molecule has 1 unspecified atom stereocenters. The minimum absolute atomic E-state index is 0.0102. The van der Waals surface area contributed by atoms with Crippen molar-refractivity contribution in [1.29, 1.82) is 0 Å². The first-order valence-electron chi connectivity index (χ1n) is 9.87. The van der Waals surface area contributed by atoms with Gasteiger partial charge in [0.1, 0.15) is 6.54 Å². The summed E-state index contributed by atoms with van der Waals surface area (Å²) < 4.78 is 10.6. The summed E-state index contributed by atoms with van der Waals surface area (Å²) in [6, 6.07) is 11.6. The Balaban J connectivity index is 1.89. The molecule has 2 N–H and O–H groups in total. The molecule has 7 heteroatoms. The molecular formula is C23H32N3O4+. The molecule has 0 aliphatic rings. The highest BCUT2D eigenvalue weighted by Gasteiger charge is 2.18. The third-order valence-corrected chi connectivity index (χ3v) is 4.96. The van der Waals surface area contributed by atoms with Crippen molar-refractivity contribution in [1.82, 2.24) is 4.90 Å². The molecule has 0 saturated heterocycles. The molecule has 0 heterocycles. The Bertz CT molecular complexity index is 878. The van der Waals surface area contributed by atoms with Crippen molar-refractivity contribution in [3.05, 3.63) is 53.1 Å². The molecular weight excluding hydrogens is 382 g/mol. The number of rotatable bonds is 9. The molecule has 0 fully saturated rings. The van der Waals surface area contributed by atoms with Gasteiger partial charge in [0.15, 0.2) is 18.0 Å². The maximum Gasteiger partial charge on any atom is 0.277 e. The van der Waals surface area contributed by atoms with Crippen LogP contribution >= 0.6 is 0 Å². The molecule has 2 amide bonds. The van der Waals surface area contributed by atoms with Gasteiger partial charge in [0.2, 0.25) is 5.91 Å². The molecule has 0 saturated carbocycles. The van der Waals surface area contributed by atoms with E-state index in [2.05, 4.69) is 5.32 Å². The summed E-state index contributed by atoms with van der Waals surface area (Å²) in [6.45, 7) is 4.83. The quantitative estimate of drug-likeness (QED) is 0.651. The summed E-state index contributed by atoms with van der Waals surface area (Å²) in [4.78, 5) is 27.4. The number of carbonyl (C=O) groups excluding carboxylic acids is 2. The van der Waals surface area contributed by atoms with Crippen LogP contribution in [0.3, 0.4) is 0 Å². The fraction of sp³-hybridized carbons (Fsp3) is 0.391. The number of carbonyl (C=O) groups is 2. The van der Waals surface area contributed by atoms with Crippen molar-refractivity contribution in [3.8, 4) is 11.5 Å². The lowest BCUT2D eigenvalue weighted by atomic mass is 10.1. The van der Waals surface area contributed by atoms with Crippen LogP contribution in [0.25, 0.3) is 0 Å². The summed E-state index contributed by atoms with van der Waals surface area (Å²) in [5, 5.41) is 2.92. The minimum atomic E-state index is -0.208. The van der Waals surface area contributed by atoms with E-state index in [1.807, 2.05) is 57.3 Å². The van der Waals surface area contributed by atoms with Gasteiger partial charge in [-0.05, 0) is 43.2 Å². The maximum absolute atomic E-state index is 12.6. The lowest BCUT2D eigenvalue weighted by Gasteiger charge is -2.20. The lowest BCUT2D eigenvalue weighted by molar-refractivity contribution is -0.885. The monoisotopic (exact) mass is 414 g/mol. The number of quaternary nitrogens is 1. The molecule has 2 aromatic rings. The van der Waals surface area contributed by atoms with Gasteiger partial charge in [0, 0.05) is 18.3 Å². The van der Waals surface area contributed by atoms with E-state index in [0.717, 1.165) is 27.3 Å². The van der Waals surface area contributed by atoms with E-state index in [1.54, 1.807) is 21.3 Å². The highest BCUT2D eigenvalue weighted by atomic mass is 16.5. The van der Waals surface area contributed by atoms with Crippen molar-refractivity contribution < 1.29 is 24.0 Å². The predicted octanol–water partition coefficient (Wildman–Crippen LogP) is 1.43. The van der Waals surface area contributed by atoms with Crippen LogP contribution in [0.4, 0.5) is 5.69 Å².